The number of hydrogen-bond donors (Lipinski definition) is 2. The molecule has 2 rings (SSSR count). The van der Waals surface area contributed by atoms with Gasteiger partial charge in [0.05, 0.1) is 12.7 Å². The van der Waals surface area contributed by atoms with Crippen molar-refractivity contribution in [3.63, 3.8) is 0 Å². The first-order chi connectivity index (χ1) is 10.0. The SMILES string of the molecule is COC(=O)c1cc(Nc2ccc(N(C)C)cc2)ccc1N. The molecule has 0 bridgehead atoms. The normalized spacial score (nSPS) is 10.0. The summed E-state index contributed by atoms with van der Waals surface area (Å²) in [4.78, 5) is 13.7. The van der Waals surface area contributed by atoms with E-state index in [4.69, 9.17) is 10.5 Å². The fourth-order valence-corrected chi connectivity index (χ4v) is 1.93. The molecule has 110 valence electrons. The molecule has 21 heavy (non-hydrogen) atoms. The van der Waals surface area contributed by atoms with Crippen molar-refractivity contribution < 1.29 is 9.53 Å². The highest BCUT2D eigenvalue weighted by atomic mass is 16.5. The van der Waals surface area contributed by atoms with E-state index in [1.54, 1.807) is 12.1 Å². The van der Waals surface area contributed by atoms with Crippen molar-refractivity contribution in [1.29, 1.82) is 0 Å². The van der Waals surface area contributed by atoms with Gasteiger partial charge in [-0.1, -0.05) is 0 Å². The molecular weight excluding hydrogens is 266 g/mol. The maximum atomic E-state index is 11.6. The zero-order valence-corrected chi connectivity index (χ0v) is 12.4. The van der Waals surface area contributed by atoms with Crippen molar-refractivity contribution in [3.05, 3.63) is 48.0 Å². The number of ether oxygens (including phenoxy) is 1. The molecule has 0 amide bonds. The Hall–Kier alpha value is -2.69. The molecule has 0 saturated heterocycles. The van der Waals surface area contributed by atoms with Crippen LogP contribution < -0.4 is 16.0 Å². The van der Waals surface area contributed by atoms with E-state index in [1.165, 1.54) is 7.11 Å². The highest BCUT2D eigenvalue weighted by Gasteiger charge is 2.10. The number of nitrogen functional groups attached to an aromatic ring is 1. The average Bonchev–Trinajstić information content (AvgIpc) is 2.49. The number of rotatable bonds is 4. The Labute approximate surface area is 124 Å². The van der Waals surface area contributed by atoms with E-state index in [-0.39, 0.29) is 0 Å². The molecule has 0 spiro atoms. The number of carbonyl (C=O) groups is 1. The average molecular weight is 285 g/mol. The third kappa shape index (κ3) is 3.45. The third-order valence-electron chi connectivity index (χ3n) is 3.13. The van der Waals surface area contributed by atoms with Gasteiger partial charge in [-0.15, -0.1) is 0 Å². The first kappa shape index (κ1) is 14.7. The minimum atomic E-state index is -0.445. The lowest BCUT2D eigenvalue weighted by molar-refractivity contribution is 0.0602. The molecule has 0 heterocycles. The van der Waals surface area contributed by atoms with Crippen LogP contribution in [0.1, 0.15) is 10.4 Å². The van der Waals surface area contributed by atoms with Gasteiger partial charge in [-0.25, -0.2) is 4.79 Å². The minimum Gasteiger partial charge on any atom is -0.465 e. The largest absolute Gasteiger partial charge is 0.465 e. The van der Waals surface area contributed by atoms with Gasteiger partial charge >= 0.3 is 5.97 Å². The number of nitrogens with one attached hydrogen (secondary N) is 1. The predicted molar refractivity (Wildman–Crippen MR) is 86.2 cm³/mol. The molecule has 5 heteroatoms. The summed E-state index contributed by atoms with van der Waals surface area (Å²) in [5.41, 5.74) is 9.36. The fraction of sp³-hybridized carbons (Fsp3) is 0.188. The topological polar surface area (TPSA) is 67.6 Å². The number of nitrogens with zero attached hydrogens (tertiary/aromatic N) is 1. The first-order valence-electron chi connectivity index (χ1n) is 6.53. The molecule has 0 saturated carbocycles. The van der Waals surface area contributed by atoms with E-state index in [1.807, 2.05) is 49.3 Å². The Morgan fingerprint density at radius 2 is 1.71 bits per heavy atom. The van der Waals surface area contributed by atoms with Gasteiger partial charge in [0.2, 0.25) is 0 Å². The summed E-state index contributed by atoms with van der Waals surface area (Å²) in [5, 5.41) is 3.23. The van der Waals surface area contributed by atoms with Gasteiger partial charge in [-0.3, -0.25) is 0 Å². The van der Waals surface area contributed by atoms with Crippen LogP contribution in [0.2, 0.25) is 0 Å². The van der Waals surface area contributed by atoms with E-state index < -0.39 is 5.97 Å². The van der Waals surface area contributed by atoms with Crippen LogP contribution in [-0.2, 0) is 4.74 Å². The summed E-state index contributed by atoms with van der Waals surface area (Å²) in [7, 11) is 5.32. The van der Waals surface area contributed by atoms with Crippen LogP contribution >= 0.6 is 0 Å². The Morgan fingerprint density at radius 3 is 2.29 bits per heavy atom. The zero-order chi connectivity index (χ0) is 15.4. The van der Waals surface area contributed by atoms with Crippen LogP contribution in [0.4, 0.5) is 22.7 Å². The van der Waals surface area contributed by atoms with Gasteiger partial charge in [0.1, 0.15) is 0 Å². The van der Waals surface area contributed by atoms with Crippen LogP contribution in [0.15, 0.2) is 42.5 Å². The molecule has 2 aromatic carbocycles. The van der Waals surface area contributed by atoms with Crippen molar-refractivity contribution in [3.8, 4) is 0 Å². The standard InChI is InChI=1S/C16H19N3O2/c1-19(2)13-7-4-11(5-8-13)18-12-6-9-15(17)14(10-12)16(20)21-3/h4-10,18H,17H2,1-3H3. The molecule has 0 aromatic heterocycles. The number of esters is 1. The summed E-state index contributed by atoms with van der Waals surface area (Å²) in [5.74, 6) is -0.445. The van der Waals surface area contributed by atoms with Crippen molar-refractivity contribution in [2.24, 2.45) is 0 Å². The summed E-state index contributed by atoms with van der Waals surface area (Å²) < 4.78 is 4.71. The van der Waals surface area contributed by atoms with E-state index in [0.717, 1.165) is 17.1 Å². The molecule has 0 atom stereocenters. The molecule has 0 aliphatic heterocycles. The monoisotopic (exact) mass is 285 g/mol. The number of hydrogen-bond acceptors (Lipinski definition) is 5. The lowest BCUT2D eigenvalue weighted by Crippen LogP contribution is -2.08. The highest BCUT2D eigenvalue weighted by Crippen LogP contribution is 2.23. The second-order valence-electron chi connectivity index (χ2n) is 4.86. The van der Waals surface area contributed by atoms with E-state index in [9.17, 15) is 4.79 Å². The van der Waals surface area contributed by atoms with Crippen molar-refractivity contribution in [2.45, 2.75) is 0 Å². The predicted octanol–water partition coefficient (Wildman–Crippen LogP) is 2.87. The summed E-state index contributed by atoms with van der Waals surface area (Å²) >= 11 is 0. The van der Waals surface area contributed by atoms with Gasteiger partial charge in [0, 0.05) is 36.8 Å². The summed E-state index contributed by atoms with van der Waals surface area (Å²) in [6, 6.07) is 13.2. The summed E-state index contributed by atoms with van der Waals surface area (Å²) in [6.45, 7) is 0. The maximum Gasteiger partial charge on any atom is 0.340 e. The van der Waals surface area contributed by atoms with Crippen LogP contribution in [0.5, 0.6) is 0 Å². The van der Waals surface area contributed by atoms with Gasteiger partial charge in [-0.05, 0) is 42.5 Å². The lowest BCUT2D eigenvalue weighted by Gasteiger charge is -2.14. The van der Waals surface area contributed by atoms with Gasteiger partial charge in [0.25, 0.3) is 0 Å². The number of carbonyl (C=O) groups excluding carboxylic acids is 1. The smallest absolute Gasteiger partial charge is 0.340 e. The minimum absolute atomic E-state index is 0.354. The second-order valence-corrected chi connectivity index (χ2v) is 4.86. The van der Waals surface area contributed by atoms with Crippen molar-refractivity contribution >= 4 is 28.7 Å². The molecule has 0 unspecified atom stereocenters. The lowest BCUT2D eigenvalue weighted by atomic mass is 10.1. The van der Waals surface area contributed by atoms with Crippen LogP contribution in [-0.4, -0.2) is 27.2 Å². The summed E-state index contributed by atoms with van der Waals surface area (Å²) in [6.07, 6.45) is 0. The van der Waals surface area contributed by atoms with Gasteiger partial charge in [-0.2, -0.15) is 0 Å². The van der Waals surface area contributed by atoms with Crippen LogP contribution in [0.25, 0.3) is 0 Å². The Balaban J connectivity index is 2.21. The van der Waals surface area contributed by atoms with E-state index in [2.05, 4.69) is 5.32 Å². The molecule has 0 fully saturated rings. The fourth-order valence-electron chi connectivity index (χ4n) is 1.93. The number of methoxy groups -OCH3 is 1. The molecule has 3 N–H and O–H groups in total. The zero-order valence-electron chi connectivity index (χ0n) is 12.4. The van der Waals surface area contributed by atoms with Gasteiger partial charge < -0.3 is 20.7 Å². The molecule has 5 nitrogen and oxygen atoms in total. The maximum absolute atomic E-state index is 11.6. The third-order valence-corrected chi connectivity index (χ3v) is 3.13. The second kappa shape index (κ2) is 6.17. The Kier molecular flexibility index (Phi) is 4.33. The number of benzene rings is 2. The Morgan fingerprint density at radius 1 is 1.10 bits per heavy atom. The van der Waals surface area contributed by atoms with Crippen LogP contribution in [0.3, 0.4) is 0 Å². The highest BCUT2D eigenvalue weighted by molar-refractivity contribution is 5.96. The molecule has 2 aromatic rings. The number of nitrogens with two attached hydrogens (primary N) is 1. The van der Waals surface area contributed by atoms with Crippen LogP contribution in [0, 0.1) is 0 Å². The number of anilines is 4. The van der Waals surface area contributed by atoms with Crippen molar-refractivity contribution in [2.75, 3.05) is 37.2 Å². The molecule has 0 aliphatic rings. The molecular formula is C16H19N3O2. The first-order valence-corrected chi connectivity index (χ1v) is 6.53. The van der Waals surface area contributed by atoms with E-state index >= 15 is 0 Å². The Bertz CT molecular complexity index is 636. The molecule has 0 radical (unpaired) electrons. The quantitative estimate of drug-likeness (QED) is 0.668. The molecule has 0 aliphatic carbocycles. The van der Waals surface area contributed by atoms with Crippen molar-refractivity contribution in [1.82, 2.24) is 0 Å². The van der Waals surface area contributed by atoms with E-state index in [0.29, 0.717) is 11.3 Å². The van der Waals surface area contributed by atoms with Gasteiger partial charge in [0.15, 0.2) is 0 Å².